The molecule has 3 aromatic rings. The van der Waals surface area contributed by atoms with Gasteiger partial charge in [-0.15, -0.1) is 0 Å². The Kier molecular flexibility index (Phi) is 7.08. The third kappa shape index (κ3) is 4.87. The molecular formula is C26H25N3O4S. The summed E-state index contributed by atoms with van der Waals surface area (Å²) in [6.07, 6.45) is -0.0372. The molecule has 8 heteroatoms. The number of ether oxygens (including phenoxy) is 2. The molecular weight excluding hydrogens is 450 g/mol. The summed E-state index contributed by atoms with van der Waals surface area (Å²) in [5.41, 5.74) is 2.21. The third-order valence-electron chi connectivity index (χ3n) is 5.57. The molecule has 3 aromatic carbocycles. The predicted molar refractivity (Wildman–Crippen MR) is 135 cm³/mol. The summed E-state index contributed by atoms with van der Waals surface area (Å²) in [6, 6.07) is 23.2. The summed E-state index contributed by atoms with van der Waals surface area (Å²) >= 11 is 5.73. The van der Waals surface area contributed by atoms with E-state index in [1.807, 2.05) is 60.7 Å². The predicted octanol–water partition coefficient (Wildman–Crippen LogP) is 4.23. The highest BCUT2D eigenvalue weighted by Crippen LogP contribution is 2.32. The largest absolute Gasteiger partial charge is 0.493 e. The number of amides is 2. The number of carbonyl (C=O) groups is 2. The molecule has 0 saturated carbocycles. The van der Waals surface area contributed by atoms with E-state index in [9.17, 15) is 9.59 Å². The van der Waals surface area contributed by atoms with Crippen LogP contribution in [0.2, 0.25) is 0 Å². The first-order valence-electron chi connectivity index (χ1n) is 10.8. The van der Waals surface area contributed by atoms with Crippen LogP contribution in [0.5, 0.6) is 11.5 Å². The standard InChI is InChI=1S/C26H25N3O4S/c1-32-22-14-13-18(15-23(22)33-2)17-28-21(16-24(30)27-19-9-5-3-6-10-19)25(31)29(26(28)34)20-11-7-4-8-12-20/h3-15,21H,16-17H2,1-2H3,(H,27,30). The zero-order chi connectivity index (χ0) is 24.1. The lowest BCUT2D eigenvalue weighted by atomic mass is 10.1. The monoisotopic (exact) mass is 475 g/mol. The van der Waals surface area contributed by atoms with Crippen LogP contribution in [0.3, 0.4) is 0 Å². The second-order valence-electron chi connectivity index (χ2n) is 7.74. The Bertz CT molecular complexity index is 1190. The van der Waals surface area contributed by atoms with Crippen LogP contribution in [0.25, 0.3) is 0 Å². The quantitative estimate of drug-likeness (QED) is 0.492. The molecule has 1 saturated heterocycles. The average molecular weight is 476 g/mol. The van der Waals surface area contributed by atoms with Crippen molar-refractivity contribution in [3.8, 4) is 11.5 Å². The lowest BCUT2D eigenvalue weighted by Gasteiger charge is -2.24. The molecule has 4 rings (SSSR count). The van der Waals surface area contributed by atoms with Crippen LogP contribution in [-0.2, 0) is 16.1 Å². The van der Waals surface area contributed by atoms with E-state index in [-0.39, 0.29) is 18.2 Å². The number of thiocarbonyl (C=S) groups is 1. The number of carbonyl (C=O) groups excluding carboxylic acids is 2. The van der Waals surface area contributed by atoms with Gasteiger partial charge in [-0.25, -0.2) is 0 Å². The zero-order valence-electron chi connectivity index (χ0n) is 18.9. The van der Waals surface area contributed by atoms with Crippen LogP contribution in [0, 0.1) is 0 Å². The van der Waals surface area contributed by atoms with Crippen molar-refractivity contribution in [1.29, 1.82) is 0 Å². The Hall–Kier alpha value is -3.91. The highest BCUT2D eigenvalue weighted by molar-refractivity contribution is 7.80. The summed E-state index contributed by atoms with van der Waals surface area (Å²) in [5, 5.41) is 3.21. The summed E-state index contributed by atoms with van der Waals surface area (Å²) in [4.78, 5) is 29.6. The van der Waals surface area contributed by atoms with Gasteiger partial charge in [-0.3, -0.25) is 14.5 Å². The fourth-order valence-electron chi connectivity index (χ4n) is 3.91. The van der Waals surface area contributed by atoms with Crippen molar-refractivity contribution in [3.05, 3.63) is 84.4 Å². The van der Waals surface area contributed by atoms with Crippen LogP contribution in [0.4, 0.5) is 11.4 Å². The summed E-state index contributed by atoms with van der Waals surface area (Å²) in [5.74, 6) is 0.685. The number of rotatable bonds is 8. The van der Waals surface area contributed by atoms with E-state index < -0.39 is 6.04 Å². The van der Waals surface area contributed by atoms with Crippen LogP contribution >= 0.6 is 12.2 Å². The molecule has 1 N–H and O–H groups in total. The smallest absolute Gasteiger partial charge is 0.256 e. The fourth-order valence-corrected chi connectivity index (χ4v) is 4.30. The van der Waals surface area contributed by atoms with Gasteiger partial charge in [0, 0.05) is 12.2 Å². The first-order valence-corrected chi connectivity index (χ1v) is 11.2. The van der Waals surface area contributed by atoms with Crippen LogP contribution < -0.4 is 19.7 Å². The maximum absolute atomic E-state index is 13.5. The SMILES string of the molecule is COc1ccc(CN2C(=S)N(c3ccccc3)C(=O)C2CC(=O)Nc2ccccc2)cc1OC. The van der Waals surface area contributed by atoms with Gasteiger partial charge >= 0.3 is 0 Å². The van der Waals surface area contributed by atoms with Crippen molar-refractivity contribution < 1.29 is 19.1 Å². The van der Waals surface area contributed by atoms with E-state index in [1.54, 1.807) is 37.3 Å². The second kappa shape index (κ2) is 10.4. The second-order valence-corrected chi connectivity index (χ2v) is 8.11. The van der Waals surface area contributed by atoms with E-state index in [4.69, 9.17) is 21.7 Å². The van der Waals surface area contributed by atoms with Crippen molar-refractivity contribution >= 4 is 40.5 Å². The number of hydrogen-bond donors (Lipinski definition) is 1. The highest BCUT2D eigenvalue weighted by Gasteiger charge is 2.44. The Balaban J connectivity index is 1.62. The Morgan fingerprint density at radius 1 is 0.941 bits per heavy atom. The molecule has 1 aliphatic rings. The van der Waals surface area contributed by atoms with E-state index >= 15 is 0 Å². The third-order valence-corrected chi connectivity index (χ3v) is 5.99. The van der Waals surface area contributed by atoms with E-state index in [2.05, 4.69) is 5.32 Å². The normalized spacial score (nSPS) is 15.4. The molecule has 7 nitrogen and oxygen atoms in total. The maximum Gasteiger partial charge on any atom is 0.256 e. The molecule has 2 amide bonds. The van der Waals surface area contributed by atoms with Crippen LogP contribution in [0.1, 0.15) is 12.0 Å². The number of anilines is 2. The van der Waals surface area contributed by atoms with Gasteiger partial charge in [0.05, 0.1) is 26.3 Å². The van der Waals surface area contributed by atoms with Crippen LogP contribution in [0.15, 0.2) is 78.9 Å². The fraction of sp³-hybridized carbons (Fsp3) is 0.192. The lowest BCUT2D eigenvalue weighted by molar-refractivity contribution is -0.124. The molecule has 1 fully saturated rings. The summed E-state index contributed by atoms with van der Waals surface area (Å²) in [6.45, 7) is 0.331. The van der Waals surface area contributed by atoms with Gasteiger partial charge in [-0.05, 0) is 54.2 Å². The molecule has 1 unspecified atom stereocenters. The topological polar surface area (TPSA) is 71.1 Å². The van der Waals surface area contributed by atoms with E-state index in [1.165, 1.54) is 4.90 Å². The molecule has 1 aliphatic heterocycles. The Morgan fingerprint density at radius 3 is 2.24 bits per heavy atom. The van der Waals surface area contributed by atoms with Gasteiger partial charge in [-0.1, -0.05) is 42.5 Å². The Labute approximate surface area is 203 Å². The van der Waals surface area contributed by atoms with Gasteiger partial charge in [-0.2, -0.15) is 0 Å². The average Bonchev–Trinajstić information content (AvgIpc) is 3.08. The molecule has 1 atom stereocenters. The molecule has 174 valence electrons. The van der Waals surface area contributed by atoms with Crippen molar-refractivity contribution in [3.63, 3.8) is 0 Å². The highest BCUT2D eigenvalue weighted by atomic mass is 32.1. The maximum atomic E-state index is 13.5. The van der Waals surface area contributed by atoms with E-state index in [0.29, 0.717) is 34.5 Å². The zero-order valence-corrected chi connectivity index (χ0v) is 19.7. The summed E-state index contributed by atoms with van der Waals surface area (Å²) < 4.78 is 10.7. The van der Waals surface area contributed by atoms with Crippen molar-refractivity contribution in [2.24, 2.45) is 0 Å². The van der Waals surface area contributed by atoms with Crippen LogP contribution in [-0.4, -0.2) is 42.1 Å². The van der Waals surface area contributed by atoms with Gasteiger partial charge < -0.3 is 19.7 Å². The van der Waals surface area contributed by atoms with Crippen molar-refractivity contribution in [1.82, 2.24) is 4.90 Å². The van der Waals surface area contributed by atoms with Gasteiger partial charge in [0.1, 0.15) is 6.04 Å². The number of nitrogens with one attached hydrogen (secondary N) is 1. The minimum absolute atomic E-state index is 0.0372. The number of para-hydroxylation sites is 2. The number of hydrogen-bond acceptors (Lipinski definition) is 5. The molecule has 34 heavy (non-hydrogen) atoms. The first kappa shape index (κ1) is 23.3. The molecule has 1 heterocycles. The number of methoxy groups -OCH3 is 2. The molecule has 0 bridgehead atoms. The summed E-state index contributed by atoms with van der Waals surface area (Å²) in [7, 11) is 3.14. The molecule has 0 radical (unpaired) electrons. The van der Waals surface area contributed by atoms with Crippen molar-refractivity contribution in [2.45, 2.75) is 19.0 Å². The van der Waals surface area contributed by atoms with Gasteiger partial charge in [0.2, 0.25) is 5.91 Å². The number of benzene rings is 3. The van der Waals surface area contributed by atoms with Gasteiger partial charge in [0.25, 0.3) is 5.91 Å². The molecule has 0 spiro atoms. The number of nitrogens with zero attached hydrogens (tertiary/aromatic N) is 2. The Morgan fingerprint density at radius 2 is 1.59 bits per heavy atom. The van der Waals surface area contributed by atoms with Gasteiger partial charge in [0.15, 0.2) is 16.6 Å². The molecule has 0 aliphatic carbocycles. The minimum Gasteiger partial charge on any atom is -0.493 e. The lowest BCUT2D eigenvalue weighted by Crippen LogP contribution is -2.37. The van der Waals surface area contributed by atoms with E-state index in [0.717, 1.165) is 5.56 Å². The molecule has 0 aromatic heterocycles. The minimum atomic E-state index is -0.746. The first-order chi connectivity index (χ1) is 16.5. The van der Waals surface area contributed by atoms with Crippen molar-refractivity contribution in [2.75, 3.05) is 24.4 Å².